The third-order valence-corrected chi connectivity index (χ3v) is 5.06. The molecule has 1 aliphatic heterocycles. The second-order valence-electron chi connectivity index (χ2n) is 5.11. The molecule has 0 aliphatic carbocycles. The van der Waals surface area contributed by atoms with Crippen LogP contribution < -0.4 is 0 Å². The minimum absolute atomic E-state index is 0.0448. The van der Waals surface area contributed by atoms with Crippen LogP contribution in [-0.4, -0.2) is 45.5 Å². The van der Waals surface area contributed by atoms with Crippen LogP contribution in [0, 0.1) is 0 Å². The molecule has 1 N–H and O–H groups in total. The van der Waals surface area contributed by atoms with E-state index in [1.807, 2.05) is 16.7 Å². The lowest BCUT2D eigenvalue weighted by molar-refractivity contribution is -0.131. The molecule has 0 radical (unpaired) electrons. The lowest BCUT2D eigenvalue weighted by Gasteiger charge is -2.37. The number of aliphatic carboxylic acids is 1. The van der Waals surface area contributed by atoms with Gasteiger partial charge in [0, 0.05) is 35.2 Å². The highest BCUT2D eigenvalue weighted by Crippen LogP contribution is 2.25. The van der Waals surface area contributed by atoms with Gasteiger partial charge in [-0.05, 0) is 30.7 Å². The number of nitrogens with zero attached hydrogens (tertiary/aromatic N) is 1. The predicted molar refractivity (Wildman–Crippen MR) is 85.5 cm³/mol. The van der Waals surface area contributed by atoms with Gasteiger partial charge in [0.25, 0.3) is 5.91 Å². The van der Waals surface area contributed by atoms with Crippen LogP contribution in [-0.2, 0) is 4.79 Å². The molecule has 0 aromatic heterocycles. The Morgan fingerprint density at radius 3 is 2.57 bits per heavy atom. The molecule has 1 aromatic rings. The molecule has 2 atom stereocenters. The Bertz CT molecular complexity index is 553. The summed E-state index contributed by atoms with van der Waals surface area (Å²) >= 11 is 1.90. The van der Waals surface area contributed by atoms with Crippen molar-refractivity contribution < 1.29 is 14.7 Å². The van der Waals surface area contributed by atoms with Gasteiger partial charge < -0.3 is 10.0 Å². The Balaban J connectivity index is 2.11. The Morgan fingerprint density at radius 2 is 1.95 bits per heavy atom. The molecular weight excluding hydrogens is 286 g/mol. The van der Waals surface area contributed by atoms with E-state index in [1.165, 1.54) is 6.08 Å². The molecule has 0 bridgehead atoms. The highest BCUT2D eigenvalue weighted by atomic mass is 32.2. The molecule has 2 rings (SSSR count). The monoisotopic (exact) mass is 305 g/mol. The third-order valence-electron chi connectivity index (χ3n) is 3.72. The third kappa shape index (κ3) is 3.88. The van der Waals surface area contributed by atoms with Gasteiger partial charge in [0.05, 0.1) is 0 Å². The lowest BCUT2D eigenvalue weighted by Crippen LogP contribution is -2.47. The van der Waals surface area contributed by atoms with Gasteiger partial charge in [-0.15, -0.1) is 0 Å². The summed E-state index contributed by atoms with van der Waals surface area (Å²) in [4.78, 5) is 24.9. The van der Waals surface area contributed by atoms with Crippen LogP contribution in [0.25, 0.3) is 6.08 Å². The summed E-state index contributed by atoms with van der Waals surface area (Å²) in [5, 5.41) is 9.04. The summed E-state index contributed by atoms with van der Waals surface area (Å²) < 4.78 is 0. The second-order valence-corrected chi connectivity index (χ2v) is 6.59. The summed E-state index contributed by atoms with van der Waals surface area (Å²) in [7, 11) is 0. The van der Waals surface area contributed by atoms with Crippen molar-refractivity contribution >= 4 is 29.7 Å². The minimum Gasteiger partial charge on any atom is -0.478 e. The largest absolute Gasteiger partial charge is 0.478 e. The average molecular weight is 305 g/mol. The standard InChI is InChI=1S/C16H19NO3S/c1-11-12(2)21-10-9-17(11)16(20)14-6-3-13(4-7-14)5-8-15(18)19/h3-8,11-12H,9-10H2,1-2H3,(H,18,19)/b8-5+. The van der Waals surface area contributed by atoms with E-state index in [0.717, 1.165) is 23.9 Å². The van der Waals surface area contributed by atoms with Gasteiger partial charge in [0.1, 0.15) is 0 Å². The smallest absolute Gasteiger partial charge is 0.328 e. The fourth-order valence-corrected chi connectivity index (χ4v) is 3.39. The van der Waals surface area contributed by atoms with E-state index >= 15 is 0 Å². The summed E-state index contributed by atoms with van der Waals surface area (Å²) in [5.74, 6) is 0.0311. The SMILES string of the molecule is CC1SCCN(C(=O)c2ccc(/C=C/C(=O)O)cc2)C1C. The van der Waals surface area contributed by atoms with Crippen molar-refractivity contribution in [2.75, 3.05) is 12.3 Å². The summed E-state index contributed by atoms with van der Waals surface area (Å²) in [6.45, 7) is 5.00. The van der Waals surface area contributed by atoms with Crippen molar-refractivity contribution in [2.24, 2.45) is 0 Å². The van der Waals surface area contributed by atoms with Crippen molar-refractivity contribution in [3.63, 3.8) is 0 Å². The fraction of sp³-hybridized carbons (Fsp3) is 0.375. The molecule has 5 heteroatoms. The zero-order valence-electron chi connectivity index (χ0n) is 12.2. The molecule has 4 nitrogen and oxygen atoms in total. The lowest BCUT2D eigenvalue weighted by atomic mass is 10.1. The van der Waals surface area contributed by atoms with Gasteiger partial charge in [0.2, 0.25) is 0 Å². The van der Waals surface area contributed by atoms with Gasteiger partial charge in [-0.1, -0.05) is 19.1 Å². The van der Waals surface area contributed by atoms with Crippen molar-refractivity contribution in [1.29, 1.82) is 0 Å². The normalized spacial score (nSPS) is 22.5. The molecule has 2 unspecified atom stereocenters. The number of amides is 1. The van der Waals surface area contributed by atoms with E-state index < -0.39 is 5.97 Å². The molecule has 21 heavy (non-hydrogen) atoms. The maximum absolute atomic E-state index is 12.5. The first-order valence-corrected chi connectivity index (χ1v) is 7.97. The summed E-state index contributed by atoms with van der Waals surface area (Å²) in [6, 6.07) is 7.26. The Kier molecular flexibility index (Phi) is 5.07. The average Bonchev–Trinajstić information content (AvgIpc) is 2.48. The van der Waals surface area contributed by atoms with E-state index in [9.17, 15) is 9.59 Å². The predicted octanol–water partition coefficient (Wildman–Crippen LogP) is 2.75. The second kappa shape index (κ2) is 6.80. The van der Waals surface area contributed by atoms with Crippen LogP contribution in [0.15, 0.2) is 30.3 Å². The minimum atomic E-state index is -0.983. The highest BCUT2D eigenvalue weighted by Gasteiger charge is 2.29. The number of benzene rings is 1. The molecule has 1 aromatic carbocycles. The van der Waals surface area contributed by atoms with E-state index in [2.05, 4.69) is 13.8 Å². The van der Waals surface area contributed by atoms with E-state index in [4.69, 9.17) is 5.11 Å². The van der Waals surface area contributed by atoms with Crippen LogP contribution in [0.3, 0.4) is 0 Å². The number of carboxylic acids is 1. The van der Waals surface area contributed by atoms with Crippen molar-refractivity contribution in [3.05, 3.63) is 41.5 Å². The molecule has 1 fully saturated rings. The number of carbonyl (C=O) groups is 2. The number of hydrogen-bond donors (Lipinski definition) is 1. The van der Waals surface area contributed by atoms with Gasteiger partial charge in [-0.25, -0.2) is 4.79 Å². The number of carbonyl (C=O) groups excluding carboxylic acids is 1. The van der Waals surface area contributed by atoms with E-state index in [1.54, 1.807) is 24.3 Å². The van der Waals surface area contributed by atoms with E-state index in [-0.39, 0.29) is 11.9 Å². The van der Waals surface area contributed by atoms with Gasteiger partial charge in [-0.3, -0.25) is 4.79 Å². The molecule has 1 aliphatic rings. The van der Waals surface area contributed by atoms with Crippen LogP contribution >= 0.6 is 11.8 Å². The number of hydrogen-bond acceptors (Lipinski definition) is 3. The van der Waals surface area contributed by atoms with Crippen molar-refractivity contribution in [3.8, 4) is 0 Å². The highest BCUT2D eigenvalue weighted by molar-refractivity contribution is 8.00. The van der Waals surface area contributed by atoms with Crippen LogP contribution in [0.1, 0.15) is 29.8 Å². The van der Waals surface area contributed by atoms with Crippen LogP contribution in [0.4, 0.5) is 0 Å². The van der Waals surface area contributed by atoms with Crippen LogP contribution in [0.2, 0.25) is 0 Å². The quantitative estimate of drug-likeness (QED) is 0.872. The maximum Gasteiger partial charge on any atom is 0.328 e. The van der Waals surface area contributed by atoms with Crippen molar-refractivity contribution in [1.82, 2.24) is 4.90 Å². The van der Waals surface area contributed by atoms with Crippen molar-refractivity contribution in [2.45, 2.75) is 25.1 Å². The van der Waals surface area contributed by atoms with E-state index in [0.29, 0.717) is 10.8 Å². The first kappa shape index (κ1) is 15.6. The number of carboxylic acid groups (broad SMARTS) is 1. The molecule has 1 heterocycles. The Morgan fingerprint density at radius 1 is 1.29 bits per heavy atom. The first-order valence-electron chi connectivity index (χ1n) is 6.92. The first-order chi connectivity index (χ1) is 9.99. The van der Waals surface area contributed by atoms with Gasteiger partial charge >= 0.3 is 5.97 Å². The Labute approximate surface area is 128 Å². The fourth-order valence-electron chi connectivity index (χ4n) is 2.29. The zero-order chi connectivity index (χ0) is 15.4. The zero-order valence-corrected chi connectivity index (χ0v) is 13.0. The number of thioether (sulfide) groups is 1. The number of rotatable bonds is 3. The summed E-state index contributed by atoms with van der Waals surface area (Å²) in [6.07, 6.45) is 2.60. The molecule has 1 amide bonds. The van der Waals surface area contributed by atoms with Crippen LogP contribution in [0.5, 0.6) is 0 Å². The molecular formula is C16H19NO3S. The summed E-state index contributed by atoms with van der Waals surface area (Å²) in [5.41, 5.74) is 1.41. The maximum atomic E-state index is 12.5. The topological polar surface area (TPSA) is 57.6 Å². The van der Waals surface area contributed by atoms with Gasteiger partial charge in [0.15, 0.2) is 0 Å². The molecule has 1 saturated heterocycles. The van der Waals surface area contributed by atoms with Gasteiger partial charge in [-0.2, -0.15) is 11.8 Å². The molecule has 112 valence electrons. The Hall–Kier alpha value is -1.75. The molecule has 0 spiro atoms. The molecule has 0 saturated carbocycles.